The van der Waals surface area contributed by atoms with Crippen molar-refractivity contribution in [3.8, 4) is 0 Å². The average Bonchev–Trinajstić information content (AvgIpc) is 0.667. The summed E-state index contributed by atoms with van der Waals surface area (Å²) in [6, 6.07) is 26.2. The number of nitrogens with zero attached hydrogens (tertiary/aromatic N) is 3. The van der Waals surface area contributed by atoms with Crippen molar-refractivity contribution in [3.63, 3.8) is 0 Å². The molecule has 0 radical (unpaired) electrons. The Hall–Kier alpha value is -10.4. The number of nitrogens with two attached hydrogens (primary N) is 1. The highest BCUT2D eigenvalue weighted by Gasteiger charge is 2.78. The second-order valence-electron chi connectivity index (χ2n) is 30.3. The number of esters is 3. The highest BCUT2D eigenvalue weighted by molar-refractivity contribution is 6.00. The summed E-state index contributed by atoms with van der Waals surface area (Å²) in [6.07, 6.45) is -11.4. The van der Waals surface area contributed by atoms with Crippen LogP contribution >= 0.6 is 0 Å². The smallest absolute Gasteiger partial charge is 0.409 e. The molecule has 30 nitrogen and oxygen atoms in total. The van der Waals surface area contributed by atoms with Crippen molar-refractivity contribution in [2.75, 3.05) is 65.8 Å². The number of aliphatic hydroxyl groups is 2. The summed E-state index contributed by atoms with van der Waals surface area (Å²) in [5.41, 5.74) is -1.31. The molecule has 3 fully saturated rings. The number of benzene rings is 4. The van der Waals surface area contributed by atoms with Gasteiger partial charge >= 0.3 is 36.1 Å². The lowest BCUT2D eigenvalue weighted by molar-refractivity contribution is -0.339. The maximum Gasteiger partial charge on any atom is 0.409 e. The Labute approximate surface area is 639 Å². The third kappa shape index (κ3) is 19.6. The number of urea groups is 1. The van der Waals surface area contributed by atoms with Gasteiger partial charge in [0.05, 0.1) is 36.8 Å². The fourth-order valence-electron chi connectivity index (χ4n) is 15.4. The highest BCUT2D eigenvalue weighted by Crippen LogP contribution is 2.67. The number of rotatable bonds is 32. The van der Waals surface area contributed by atoms with Gasteiger partial charge in [0.1, 0.15) is 42.8 Å². The fourth-order valence-corrected chi connectivity index (χ4v) is 15.4. The maximum absolute atomic E-state index is 16.7. The number of hydrogen-bond donors (Lipinski definition) is 8. The van der Waals surface area contributed by atoms with Crippen molar-refractivity contribution in [1.82, 2.24) is 36.0 Å². The van der Waals surface area contributed by atoms with E-state index in [1.54, 1.807) is 164 Å². The predicted molar refractivity (Wildman–Crippen MR) is 399 cm³/mol. The van der Waals surface area contributed by atoms with Crippen molar-refractivity contribution in [1.29, 1.82) is 0 Å². The second-order valence-corrected chi connectivity index (χ2v) is 30.3. The fraction of sp³-hybridized carbons (Fsp3) is 0.512. The molecule has 4 aromatic rings. The zero-order valence-electron chi connectivity index (χ0n) is 64.5. The number of fused-ring (bicyclic) bond motifs is 5. The summed E-state index contributed by atoms with van der Waals surface area (Å²) >= 11 is 0. The van der Waals surface area contributed by atoms with Gasteiger partial charge < -0.3 is 80.8 Å². The van der Waals surface area contributed by atoms with Gasteiger partial charge in [-0.15, -0.1) is 0 Å². The molecule has 1 heterocycles. The van der Waals surface area contributed by atoms with Gasteiger partial charge in [0.2, 0.25) is 17.7 Å². The minimum Gasteiger partial charge on any atom is -0.456 e. The Morgan fingerprint density at radius 3 is 1.88 bits per heavy atom. The number of carbonyl (C=O) groups is 13. The zero-order chi connectivity index (χ0) is 80.9. The zero-order valence-corrected chi connectivity index (χ0v) is 64.5. The van der Waals surface area contributed by atoms with Crippen LogP contribution in [-0.4, -0.2) is 216 Å². The van der Waals surface area contributed by atoms with Crippen LogP contribution in [0, 0.1) is 34.5 Å². The van der Waals surface area contributed by atoms with Crippen molar-refractivity contribution in [3.05, 3.63) is 149 Å². The molecule has 4 aromatic carbocycles. The van der Waals surface area contributed by atoms with E-state index in [4.69, 9.17) is 34.2 Å². The van der Waals surface area contributed by atoms with Crippen LogP contribution in [0.4, 0.5) is 20.1 Å². The lowest BCUT2D eigenvalue weighted by Crippen LogP contribution is -2.80. The van der Waals surface area contributed by atoms with Crippen LogP contribution < -0.4 is 32.3 Å². The number of nitrogens with one attached hydrogen (secondary N) is 5. The summed E-state index contributed by atoms with van der Waals surface area (Å²) < 4.78 is 37.1. The van der Waals surface area contributed by atoms with Crippen LogP contribution in [0.15, 0.2) is 126 Å². The minimum atomic E-state index is -2.37. The number of primary amides is 1. The average molecular weight is 1530 g/mol. The van der Waals surface area contributed by atoms with Crippen LogP contribution in [0.2, 0.25) is 0 Å². The van der Waals surface area contributed by atoms with Gasteiger partial charge in [-0.2, -0.15) is 0 Å². The van der Waals surface area contributed by atoms with E-state index in [0.717, 1.165) is 18.7 Å². The van der Waals surface area contributed by atoms with E-state index in [9.17, 15) is 63.0 Å². The SMILES string of the molecule is CC(=O)O[C@H]1C(=O)[C@]2(C)[C@@H](OC(=O)N(C)CCN(C)C(=O)OCc3ccc(NC(=O)[C@H](CCCNC(N)=O)NC(=O)[C@@H](NC(=O)CN(C)CC(=O)C(C)C)C(C)C)cc3)C[C@H]3OC[C@@]3(OC(C)=O)[C@H]2[C@H](CC(=O)c2ccccc2)[C@]2(O)C[C@H](OC(=O)[C@H](O)[C@@H](NC(=O)c3ccccc3)c3ccccc3)C(C)=C1C2(C)C. The Morgan fingerprint density at radius 1 is 0.718 bits per heavy atom. The Bertz CT molecular complexity index is 4080. The third-order valence-electron chi connectivity index (χ3n) is 21.5. The van der Waals surface area contributed by atoms with Crippen molar-refractivity contribution < 1.29 is 101 Å². The molecule has 0 aromatic heterocycles. The van der Waals surface area contributed by atoms with Crippen LogP contribution in [0.1, 0.15) is 139 Å². The second kappa shape index (κ2) is 36.4. The van der Waals surface area contributed by atoms with Crippen LogP contribution in [0.3, 0.4) is 0 Å². The first-order valence-electron chi connectivity index (χ1n) is 36.7. The van der Waals surface area contributed by atoms with Crippen LogP contribution in [-0.2, 0) is 73.4 Å². The first-order valence-corrected chi connectivity index (χ1v) is 36.7. The highest BCUT2D eigenvalue weighted by atomic mass is 16.6. The molecule has 8 amide bonds. The molecule has 110 heavy (non-hydrogen) atoms. The number of ether oxygens (including phenoxy) is 6. The van der Waals surface area contributed by atoms with Gasteiger partial charge in [-0.1, -0.05) is 133 Å². The number of amides is 8. The lowest BCUT2D eigenvalue weighted by Gasteiger charge is -2.68. The van der Waals surface area contributed by atoms with Gasteiger partial charge in [0.25, 0.3) is 5.91 Å². The first-order chi connectivity index (χ1) is 51.8. The molecule has 13 atom stereocenters. The van der Waals surface area contributed by atoms with E-state index < -0.39 is 173 Å². The molecular weight excluding hydrogens is 1420 g/mol. The van der Waals surface area contributed by atoms with Gasteiger partial charge in [-0.05, 0) is 86.2 Å². The molecule has 8 rings (SSSR count). The quantitative estimate of drug-likeness (QED) is 0.00925. The molecule has 30 heteroatoms. The van der Waals surface area contributed by atoms with Crippen molar-refractivity contribution in [2.24, 2.45) is 40.2 Å². The number of anilines is 1. The molecule has 3 aliphatic carbocycles. The summed E-state index contributed by atoms with van der Waals surface area (Å²) in [7, 11) is 4.40. The molecule has 2 bridgehead atoms. The number of likely N-dealkylation sites (N-methyl/N-ethyl adjacent to an activating group) is 3. The number of aliphatic hydroxyl groups excluding tert-OH is 1. The largest absolute Gasteiger partial charge is 0.456 e. The number of hydrogen-bond acceptors (Lipinski definition) is 22. The van der Waals surface area contributed by atoms with Gasteiger partial charge in [0.15, 0.2) is 29.4 Å². The van der Waals surface area contributed by atoms with E-state index in [1.165, 1.54) is 37.7 Å². The van der Waals surface area contributed by atoms with Gasteiger partial charge in [-0.3, -0.25) is 48.1 Å². The molecule has 0 unspecified atom stereocenters. The summed E-state index contributed by atoms with van der Waals surface area (Å²) in [5, 5.41) is 39.9. The Balaban J connectivity index is 1.01. The standard InChI is InChI=1S/C80H103N9O21/c1-45(2)58(93)41-87(11)42-62(94)85-64(46(3)4)72(99)84-56(30-23-35-82-74(81)101)71(98)83-54-33-31-50(32-34-54)43-105-75(102)88(12)36-37-89(13)76(103)109-60-39-61-79(44-106-61,110-49(7)91)68-55(38-57(92)51-24-17-14-18-25-51)80(104)40-59(47(5)63(77(80,8)9)67(107-48(6)90)69(96)78(60,68)10)108-73(100)66(95)65(52-26-19-15-20-27-52)86-70(97)53-28-21-16-22-29-53/h14-22,24-29,31-34,45-46,55-56,59-61,64-68,95,104H,23,30,35-44H2,1-13H3,(H,83,98)(H,84,99)(H,85,94)(H,86,97)(H3,81,82,101)/t55-,56-,59-,60-,61+,64-,65-,66+,67+,68-,78+,79-,80+/m0/s1. The molecule has 1 aliphatic heterocycles. The number of Topliss-reactive ketones (excluding diaryl/α,β-unsaturated/α-hetero) is 3. The summed E-state index contributed by atoms with van der Waals surface area (Å²) in [6.45, 7) is 14.3. The van der Waals surface area contributed by atoms with Crippen LogP contribution in [0.5, 0.6) is 0 Å². The molecule has 2 saturated carbocycles. The van der Waals surface area contributed by atoms with E-state index in [1.807, 2.05) is 0 Å². The maximum atomic E-state index is 16.7. The number of ketones is 3. The number of carbonyl (C=O) groups excluding carboxylic acids is 13. The molecule has 594 valence electrons. The summed E-state index contributed by atoms with van der Waals surface area (Å²) in [4.78, 5) is 184. The Morgan fingerprint density at radius 2 is 1.32 bits per heavy atom. The minimum absolute atomic E-state index is 0.0311. The normalized spacial score (nSPS) is 23.4. The molecule has 1 saturated heterocycles. The van der Waals surface area contributed by atoms with Gasteiger partial charge in [0, 0.05) is 107 Å². The van der Waals surface area contributed by atoms with Crippen LogP contribution in [0.25, 0.3) is 0 Å². The van der Waals surface area contributed by atoms with Crippen molar-refractivity contribution >= 4 is 82.8 Å². The predicted octanol–water partition coefficient (Wildman–Crippen LogP) is 5.91. The molecule has 9 N–H and O–H groups in total. The van der Waals surface area contributed by atoms with E-state index in [0.29, 0.717) is 16.8 Å². The third-order valence-corrected chi connectivity index (χ3v) is 21.5. The lowest BCUT2D eigenvalue weighted by atomic mass is 9.41. The summed E-state index contributed by atoms with van der Waals surface area (Å²) in [5.74, 6) is -10.8. The van der Waals surface area contributed by atoms with E-state index in [2.05, 4.69) is 26.6 Å². The monoisotopic (exact) mass is 1530 g/mol. The Kier molecular flexibility index (Phi) is 28.2. The van der Waals surface area contributed by atoms with Gasteiger partial charge in [-0.25, -0.2) is 19.2 Å². The molecular formula is C80H103N9O21. The molecule has 4 aliphatic rings. The molecule has 0 spiro atoms. The van der Waals surface area contributed by atoms with E-state index >= 15 is 9.59 Å². The topological polar surface area (TPSA) is 414 Å². The van der Waals surface area contributed by atoms with E-state index in [-0.39, 0.29) is 99.2 Å². The first kappa shape index (κ1) is 85.2. The van der Waals surface area contributed by atoms with Crippen molar-refractivity contribution in [2.45, 2.75) is 168 Å².